The Kier molecular flexibility index (Phi) is 5.35. The van der Waals surface area contributed by atoms with Crippen molar-refractivity contribution in [3.63, 3.8) is 0 Å². The minimum Gasteiger partial charge on any atom is -0.355 e. The van der Waals surface area contributed by atoms with E-state index in [1.165, 1.54) is 6.92 Å². The largest absolute Gasteiger partial charge is 0.355 e. The lowest BCUT2D eigenvalue weighted by Crippen LogP contribution is -1.97. The summed E-state index contributed by atoms with van der Waals surface area (Å²) in [6.07, 6.45) is 8.05. The Morgan fingerprint density at radius 2 is 1.03 bits per heavy atom. The van der Waals surface area contributed by atoms with Gasteiger partial charge in [-0.3, -0.25) is 4.55 Å². The van der Waals surface area contributed by atoms with Crippen molar-refractivity contribution in [1.29, 1.82) is 0 Å². The molecule has 3 aromatic heterocycles. The number of fused-ring (bicyclic) bond motifs is 8. The van der Waals surface area contributed by atoms with E-state index in [-0.39, 0.29) is 5.75 Å². The Morgan fingerprint density at radius 3 is 1.40 bits per heavy atom. The van der Waals surface area contributed by atoms with Gasteiger partial charge in [0.05, 0.1) is 28.5 Å². The Labute approximate surface area is 173 Å². The predicted molar refractivity (Wildman–Crippen MR) is 121 cm³/mol. The lowest BCUT2D eigenvalue weighted by atomic mass is 10.3. The van der Waals surface area contributed by atoms with Gasteiger partial charge in [0, 0.05) is 22.1 Å². The van der Waals surface area contributed by atoms with Crippen molar-refractivity contribution in [3.8, 4) is 0 Å². The van der Waals surface area contributed by atoms with Gasteiger partial charge in [-0.2, -0.15) is 8.42 Å². The highest BCUT2D eigenvalue weighted by molar-refractivity contribution is 7.85. The summed E-state index contributed by atoms with van der Waals surface area (Å²) in [5.74, 6) is -0.201. The highest BCUT2D eigenvalue weighted by atomic mass is 32.2. The summed E-state index contributed by atoms with van der Waals surface area (Å²) >= 11 is 0. The van der Waals surface area contributed by atoms with E-state index in [2.05, 4.69) is 50.3 Å². The van der Waals surface area contributed by atoms with Gasteiger partial charge in [-0.15, -0.1) is 0 Å². The van der Waals surface area contributed by atoms with Gasteiger partial charge in [0.1, 0.15) is 0 Å². The molecule has 8 heteroatoms. The Balaban J connectivity index is 0.000000322. The second-order valence-corrected chi connectivity index (χ2v) is 8.52. The van der Waals surface area contributed by atoms with Gasteiger partial charge < -0.3 is 9.97 Å². The normalized spacial score (nSPS) is 12.5. The maximum Gasteiger partial charge on any atom is 0.264 e. The number of hydrogen-bond acceptors (Lipinski definition) is 4. The molecule has 0 aliphatic carbocycles. The summed E-state index contributed by atoms with van der Waals surface area (Å²) in [6, 6.07) is 16.4. The first kappa shape index (κ1) is 19.8. The zero-order valence-corrected chi connectivity index (χ0v) is 17.0. The van der Waals surface area contributed by atoms with Crippen LogP contribution < -0.4 is 0 Å². The molecule has 0 spiro atoms. The van der Waals surface area contributed by atoms with Crippen LogP contribution in [0.25, 0.3) is 46.4 Å². The molecule has 2 aliphatic heterocycles. The van der Waals surface area contributed by atoms with Crippen LogP contribution in [-0.4, -0.2) is 38.7 Å². The van der Waals surface area contributed by atoms with E-state index in [0.29, 0.717) is 0 Å². The molecule has 3 N–H and O–H groups in total. The molecular weight excluding hydrogens is 400 g/mol. The topological polar surface area (TPSA) is 112 Å². The molecule has 0 aromatic carbocycles. The molecule has 0 unspecified atom stereocenters. The van der Waals surface area contributed by atoms with E-state index < -0.39 is 10.1 Å². The molecule has 152 valence electrons. The second kappa shape index (κ2) is 8.10. The van der Waals surface area contributed by atoms with Crippen LogP contribution in [0.4, 0.5) is 0 Å². The molecule has 0 saturated heterocycles. The van der Waals surface area contributed by atoms with Gasteiger partial charge in [0.15, 0.2) is 0 Å². The maximum atomic E-state index is 9.56. The first-order valence-electron chi connectivity index (χ1n) is 9.36. The summed E-state index contributed by atoms with van der Waals surface area (Å²) in [5, 5.41) is 0. The van der Waals surface area contributed by atoms with Crippen molar-refractivity contribution < 1.29 is 13.0 Å². The van der Waals surface area contributed by atoms with E-state index >= 15 is 0 Å². The highest BCUT2D eigenvalue weighted by Gasteiger charge is 2.02. The molecule has 5 heterocycles. The van der Waals surface area contributed by atoms with Crippen molar-refractivity contribution in [2.75, 3.05) is 5.75 Å². The smallest absolute Gasteiger partial charge is 0.264 e. The van der Waals surface area contributed by atoms with Gasteiger partial charge >= 0.3 is 0 Å². The average Bonchev–Trinajstić information content (AvgIpc) is 3.47. The SMILES string of the molecule is C1=Cc2cc3ccc(cc4ccc(cc5nc(cc1n2)C=C5)[nH]4)[nH]3.CCS(=O)(=O)O. The lowest BCUT2D eigenvalue weighted by molar-refractivity contribution is 0.484. The molecule has 3 aromatic rings. The number of hydrogen-bond donors (Lipinski definition) is 3. The monoisotopic (exact) mass is 420 g/mol. The van der Waals surface area contributed by atoms with Crippen LogP contribution in [0.1, 0.15) is 29.7 Å². The van der Waals surface area contributed by atoms with Crippen molar-refractivity contribution in [2.45, 2.75) is 6.92 Å². The van der Waals surface area contributed by atoms with Crippen molar-refractivity contribution in [1.82, 2.24) is 19.9 Å². The van der Waals surface area contributed by atoms with Crippen LogP contribution in [0.15, 0.2) is 48.5 Å². The molecule has 0 atom stereocenters. The van der Waals surface area contributed by atoms with Crippen LogP contribution in [0.2, 0.25) is 0 Å². The first-order chi connectivity index (χ1) is 14.4. The molecule has 7 nitrogen and oxygen atoms in total. The molecule has 2 aliphatic rings. The number of rotatable bonds is 1. The number of nitrogens with one attached hydrogen (secondary N) is 2. The van der Waals surface area contributed by atoms with Crippen LogP contribution in [0, 0.1) is 0 Å². The first-order valence-corrected chi connectivity index (χ1v) is 11.0. The summed E-state index contributed by atoms with van der Waals surface area (Å²) in [7, 11) is -3.66. The van der Waals surface area contributed by atoms with Crippen molar-refractivity contribution >= 4 is 56.5 Å². The minimum absolute atomic E-state index is 0.201. The fourth-order valence-electron chi connectivity index (χ4n) is 2.94. The van der Waals surface area contributed by atoms with E-state index in [1.807, 2.05) is 42.5 Å². The predicted octanol–water partition coefficient (Wildman–Crippen LogP) is 4.55. The van der Waals surface area contributed by atoms with Crippen molar-refractivity contribution in [3.05, 3.63) is 71.3 Å². The van der Waals surface area contributed by atoms with E-state index in [9.17, 15) is 8.42 Å². The van der Waals surface area contributed by atoms with Gasteiger partial charge in [-0.1, -0.05) is 0 Å². The third kappa shape index (κ3) is 5.11. The standard InChI is InChI=1S/C20H14N4.C2H6O3S/c1-2-14-10-16-5-6-18(23-16)12-20-8-7-19(24-20)11-17-4-3-15(22-17)9-13(1)21-14;1-2-6(3,4)5/h1-12,21-22H;2H2,1H3,(H,3,4,5). The van der Waals surface area contributed by atoms with Gasteiger partial charge in [-0.05, 0) is 79.8 Å². The Hall–Kier alpha value is -3.49. The van der Waals surface area contributed by atoms with Crippen LogP contribution in [0.3, 0.4) is 0 Å². The molecule has 0 amide bonds. The minimum atomic E-state index is -3.66. The summed E-state index contributed by atoms with van der Waals surface area (Å²) < 4.78 is 26.9. The number of aromatic nitrogens is 4. The third-order valence-electron chi connectivity index (χ3n) is 4.41. The van der Waals surface area contributed by atoms with E-state index in [1.54, 1.807) is 0 Å². The van der Waals surface area contributed by atoms with Gasteiger partial charge in [-0.25, -0.2) is 9.97 Å². The zero-order chi connectivity index (χ0) is 21.1. The van der Waals surface area contributed by atoms with Crippen molar-refractivity contribution in [2.24, 2.45) is 0 Å². The number of aromatic amines is 2. The molecule has 30 heavy (non-hydrogen) atoms. The number of H-pyrrole nitrogens is 2. The molecule has 0 fully saturated rings. The Bertz CT molecular complexity index is 1320. The van der Waals surface area contributed by atoms with Crippen LogP contribution >= 0.6 is 0 Å². The summed E-state index contributed by atoms with van der Waals surface area (Å²) in [4.78, 5) is 16.0. The van der Waals surface area contributed by atoms with E-state index in [0.717, 1.165) is 44.8 Å². The molecular formula is C22H20N4O3S. The lowest BCUT2D eigenvalue weighted by Gasteiger charge is -1.86. The molecule has 8 bridgehead atoms. The molecule has 5 rings (SSSR count). The second-order valence-electron chi connectivity index (χ2n) is 6.78. The summed E-state index contributed by atoms with van der Waals surface area (Å²) in [5.41, 5.74) is 7.86. The van der Waals surface area contributed by atoms with E-state index in [4.69, 9.17) is 4.55 Å². The van der Waals surface area contributed by atoms with Crippen LogP contribution in [0.5, 0.6) is 0 Å². The maximum absolute atomic E-state index is 9.56. The highest BCUT2D eigenvalue weighted by Crippen LogP contribution is 2.17. The third-order valence-corrected chi connectivity index (χ3v) is 5.14. The average molecular weight is 420 g/mol. The van der Waals surface area contributed by atoms with Gasteiger partial charge in [0.25, 0.3) is 10.1 Å². The summed E-state index contributed by atoms with van der Waals surface area (Å²) in [6.45, 7) is 1.37. The van der Waals surface area contributed by atoms with Gasteiger partial charge in [0.2, 0.25) is 0 Å². The zero-order valence-electron chi connectivity index (χ0n) is 16.2. The fraction of sp³-hybridized carbons (Fsp3) is 0.0909. The van der Waals surface area contributed by atoms with Crippen LogP contribution in [-0.2, 0) is 10.1 Å². The Morgan fingerprint density at radius 1 is 0.700 bits per heavy atom. The number of nitrogens with zero attached hydrogens (tertiary/aromatic N) is 2. The molecule has 0 saturated carbocycles. The molecule has 0 radical (unpaired) electrons. The quantitative estimate of drug-likeness (QED) is 0.345. The fourth-order valence-corrected chi connectivity index (χ4v) is 2.94.